The third-order valence-electron chi connectivity index (χ3n) is 10.2. The molecule has 0 saturated heterocycles. The van der Waals surface area contributed by atoms with Gasteiger partial charge < -0.3 is 23.4 Å². The van der Waals surface area contributed by atoms with Crippen molar-refractivity contribution < 1.29 is 285 Å². The first-order valence-corrected chi connectivity index (χ1v) is 43.9. The fourth-order valence-electron chi connectivity index (χ4n) is 6.01. The molecule has 0 fully saturated rings. The molecule has 0 aliphatic rings. The minimum atomic E-state index is -10.7. The van der Waals surface area contributed by atoms with Crippen LogP contribution in [-0.2, 0) is 64.2 Å². The molecule has 7 rings (SSSR count). The Morgan fingerprint density at radius 2 is 0.397 bits per heavy atom. The molecule has 7 aromatic carbocycles. The second kappa shape index (κ2) is 47.7. The van der Waals surface area contributed by atoms with Gasteiger partial charge in [-0.05, 0) is 59.5 Å². The van der Waals surface area contributed by atoms with Gasteiger partial charge in [-0.25, -0.2) is 52.3 Å². The van der Waals surface area contributed by atoms with E-state index in [1.165, 1.54) is 18.2 Å². The summed E-state index contributed by atoms with van der Waals surface area (Å²) in [5.74, 6) is -20.6. The average Bonchev–Trinajstić information content (AvgIpc) is 0.785. The number of rotatable bonds is 3. The van der Waals surface area contributed by atoms with Gasteiger partial charge in [0.1, 0.15) is 31.4 Å². The Kier molecular flexibility index (Phi) is 51.7. The zero-order valence-electron chi connectivity index (χ0n) is 58.6. The Hall–Kier alpha value is -6.93. The van der Waals surface area contributed by atoms with E-state index in [0.717, 1.165) is 54.6 Å². The molecule has 0 atom stereocenters. The van der Waals surface area contributed by atoms with Gasteiger partial charge in [0.25, 0.3) is 0 Å². The first-order valence-electron chi connectivity index (χ1n) is 27.6. The molecule has 0 amide bonds. The van der Waals surface area contributed by atoms with E-state index in [2.05, 4.69) is 15.7 Å². The van der Waals surface area contributed by atoms with Gasteiger partial charge in [0.05, 0.1) is 49.8 Å². The zero-order valence-corrected chi connectivity index (χ0v) is 67.2. The summed E-state index contributed by atoms with van der Waals surface area (Å²) < 4.78 is 721. The summed E-state index contributed by atoms with van der Waals surface area (Å²) in [6, 6.07) is 13.4. The molecule has 0 spiro atoms. The van der Waals surface area contributed by atoms with Gasteiger partial charge in [-0.1, -0.05) is 53.4 Å². The predicted molar refractivity (Wildman–Crippen MR) is 327 cm³/mol. The fraction of sp³-hybridized carbons (Fsp3) is 0.160. The first kappa shape index (κ1) is 142. The van der Waals surface area contributed by atoms with Crippen molar-refractivity contribution in [2.24, 2.45) is 0 Å². The molecule has 0 N–H and O–H groups in total. The number of benzene rings is 7. The Bertz CT molecular complexity index is 4200. The molecular formula is C50H18B6F66O3P2S2Sb2-6. The van der Waals surface area contributed by atoms with Crippen LogP contribution >= 0.6 is 15.6 Å². The van der Waals surface area contributed by atoms with Crippen molar-refractivity contribution >= 4 is 146 Å². The van der Waals surface area contributed by atoms with E-state index in [1.54, 1.807) is 0 Å². The molecule has 131 heavy (non-hydrogen) atoms. The molecule has 0 aliphatic heterocycles. The first-order chi connectivity index (χ1) is 54.5. The SMILES string of the molecule is FB(F)F.FB(F)F.FC(F)(F)c1cccc([S+](c2cccc(C(F)(F)F)c2)c2cccc(C(F)(F)F)c2)c1.F[P-](F)(F)(F)(F)F.F[P-](F)(F)(F)(F)F.O=S(=O)([O-])C(F)(F)F.[B]c1c(F)c(F)c(F)c(F)c1F.[B]c1c(F)c(F)c(F)c(F)c1F.[B]c1cc(C(F)(F)F)cc(C(F)(F)F)c1.[B]c1cc(C(F)(F)F)cc(C(F)(F)F)c1.[F-].[F-].[F-].[F-].[F][Sb]([F])([F])([F])[F].[F][Sb]([F])([F])([F])[F]. The molecule has 3 nitrogen and oxygen atoms in total. The van der Waals surface area contributed by atoms with E-state index in [1.807, 2.05) is 0 Å². The molecule has 0 unspecified atom stereocenters. The van der Waals surface area contributed by atoms with Gasteiger partial charge in [0.2, 0.25) is 0 Å². The van der Waals surface area contributed by atoms with E-state index in [4.69, 9.17) is 28.7 Å². The van der Waals surface area contributed by atoms with Gasteiger partial charge in [-0.3, -0.25) is 25.9 Å². The van der Waals surface area contributed by atoms with Crippen LogP contribution in [0.15, 0.2) is 124 Å². The van der Waals surface area contributed by atoms with Crippen molar-refractivity contribution in [1.82, 2.24) is 0 Å². The summed E-state index contributed by atoms with van der Waals surface area (Å²) in [6.07, 6.45) is -33.5. The maximum atomic E-state index is 13.2. The summed E-state index contributed by atoms with van der Waals surface area (Å²) in [5.41, 5.74) is -18.3. The second-order valence-electron chi connectivity index (χ2n) is 20.6. The molecule has 8 radical (unpaired) electrons. The van der Waals surface area contributed by atoms with E-state index in [-0.39, 0.29) is 45.6 Å². The quantitative estimate of drug-likeness (QED) is 0.0259. The summed E-state index contributed by atoms with van der Waals surface area (Å²) in [6.45, 7) is 0. The predicted octanol–water partition coefficient (Wildman–Crippen LogP) is 15.3. The number of hydrogen-bond donors (Lipinski definition) is 0. The molecule has 754 valence electrons. The average molecular weight is 2360 g/mol. The van der Waals surface area contributed by atoms with E-state index in [0.29, 0.717) is 24.3 Å². The Balaban J connectivity index is -0.000000187. The molecule has 81 heteroatoms. The van der Waals surface area contributed by atoms with Crippen LogP contribution in [0.5, 0.6) is 0 Å². The summed E-state index contributed by atoms with van der Waals surface area (Å²) in [7, 11) is -17.4. The van der Waals surface area contributed by atoms with Crippen molar-refractivity contribution in [3.05, 3.63) is 206 Å². The number of alkyl halides is 24. The minimum absolute atomic E-state index is 0. The third kappa shape index (κ3) is 72.2. The molecule has 7 aromatic rings. The van der Waals surface area contributed by atoms with Crippen LogP contribution in [0.2, 0.25) is 0 Å². The Labute approximate surface area is 698 Å². The summed E-state index contributed by atoms with van der Waals surface area (Å²) in [5, 5.41) is 0. The monoisotopic (exact) mass is 2350 g/mol. The van der Waals surface area contributed by atoms with Crippen LogP contribution in [0.4, 0.5) is 254 Å². The zero-order chi connectivity index (χ0) is 104. The van der Waals surface area contributed by atoms with Crippen LogP contribution in [0.3, 0.4) is 0 Å². The van der Waals surface area contributed by atoms with Crippen LogP contribution in [0, 0.1) is 58.2 Å². The topological polar surface area (TPSA) is 57.2 Å². The van der Waals surface area contributed by atoms with E-state index < -0.39 is 260 Å². The number of halogens is 66. The molecule has 0 aromatic heterocycles. The number of hydrogen-bond acceptors (Lipinski definition) is 3. The van der Waals surface area contributed by atoms with Crippen molar-refractivity contribution in [1.29, 1.82) is 0 Å². The molecule has 0 saturated carbocycles. The van der Waals surface area contributed by atoms with Gasteiger partial charge in [0, 0.05) is 18.2 Å². The van der Waals surface area contributed by atoms with Crippen molar-refractivity contribution in [2.75, 3.05) is 0 Å². The van der Waals surface area contributed by atoms with E-state index in [9.17, 15) is 254 Å². The fourth-order valence-corrected chi connectivity index (χ4v) is 8.20. The van der Waals surface area contributed by atoms with Crippen molar-refractivity contribution in [3.63, 3.8) is 0 Å². The second-order valence-corrected chi connectivity index (χ2v) is 35.1. The van der Waals surface area contributed by atoms with Gasteiger partial charge in [-0.15, -0.1) is 0 Å². The summed E-state index contributed by atoms with van der Waals surface area (Å²) in [4.78, 5) is -0.185. The van der Waals surface area contributed by atoms with Crippen molar-refractivity contribution in [3.8, 4) is 0 Å². The molecule has 0 bridgehead atoms. The summed E-state index contributed by atoms with van der Waals surface area (Å²) >= 11 is -18.4. The normalized spacial score (nSPS) is 13.4. The van der Waals surface area contributed by atoms with Gasteiger partial charge >= 0.3 is 199 Å². The standard InChI is InChI=1S/C21H12F9S.2C8H3BF6.2C6BF5.CHF3O3S.2BF3.2F6P.14FH.2Sb/c22-19(23,24)13-4-1-7-16(10-13)31(17-8-2-5-14(11-17)20(25,26)27)18-9-3-6-15(12-18)21(28,29)30;2*9-6-2-4(7(10,11)12)1-5(3-6)8(13,14)15;2*7-1-2(8)4(10)6(12)5(11)3(1)9;2-1(3,4)8(5,6)7;2*2-1(3)4;2*1-7(2,3,4,5)6;;;;;;;;;;;;;;;;/h1-12H;2*1-3H;;;(H,5,6,7);;;;;14*1H;;/q+1;;;;;;;;2*-1;;;;;;;;;;;;;;;2*+5/p-15. The van der Waals surface area contributed by atoms with Crippen LogP contribution in [0.1, 0.15) is 38.9 Å². The van der Waals surface area contributed by atoms with Gasteiger partial charge in [0.15, 0.2) is 83.0 Å². The van der Waals surface area contributed by atoms with Crippen LogP contribution < -0.4 is 40.7 Å². The van der Waals surface area contributed by atoms with Gasteiger partial charge in [-0.2, -0.15) is 105 Å². The van der Waals surface area contributed by atoms with E-state index >= 15 is 0 Å². The Morgan fingerprint density at radius 1 is 0.275 bits per heavy atom. The maximum absolute atomic E-state index is 13.2. The van der Waals surface area contributed by atoms with Crippen LogP contribution in [0.25, 0.3) is 0 Å². The molecule has 0 heterocycles. The molecule has 0 aliphatic carbocycles. The Morgan fingerprint density at radius 3 is 0.511 bits per heavy atom. The molecular weight excluding hydrogens is 2340 g/mol. The third-order valence-corrected chi connectivity index (χ3v) is 12.9. The van der Waals surface area contributed by atoms with Crippen molar-refractivity contribution in [2.45, 2.75) is 63.4 Å². The van der Waals surface area contributed by atoms with Crippen LogP contribution in [-0.4, -0.2) is 106 Å².